The van der Waals surface area contributed by atoms with Gasteiger partial charge in [-0.15, -0.1) is 5.10 Å². The molecule has 0 saturated heterocycles. The van der Waals surface area contributed by atoms with E-state index in [2.05, 4.69) is 15.4 Å². The zero-order valence-corrected chi connectivity index (χ0v) is 12.9. The summed E-state index contributed by atoms with van der Waals surface area (Å²) in [6, 6.07) is 2.43. The van der Waals surface area contributed by atoms with Gasteiger partial charge in [0.1, 0.15) is 5.82 Å². The number of aromatic nitrogens is 3. The zero-order chi connectivity index (χ0) is 17.6. The Morgan fingerprint density at radius 3 is 2.54 bits per heavy atom. The number of nitrogens with one attached hydrogen (secondary N) is 1. The van der Waals surface area contributed by atoms with Crippen LogP contribution in [0.3, 0.4) is 0 Å². The molecular weight excluding hydrogens is 328 g/mol. The molecule has 1 N–H and O–H groups in total. The van der Waals surface area contributed by atoms with E-state index < -0.39 is 17.8 Å². The van der Waals surface area contributed by atoms with E-state index in [9.17, 15) is 22.4 Å². The number of rotatable bonds is 3. The van der Waals surface area contributed by atoms with E-state index in [1.807, 2.05) is 0 Å². The topological polar surface area (TPSA) is 59.8 Å². The third kappa shape index (κ3) is 3.10. The summed E-state index contributed by atoms with van der Waals surface area (Å²) in [5.74, 6) is -2.79. The molecule has 0 radical (unpaired) electrons. The standard InChI is InChI=1S/C15H14F4N4O/c1-7-5-11(16)10(6-9(7)13(24)20-8-3-4-8)12-21-14(15(17,18)19)22-23(12)2/h5-6,8H,3-4H2,1-2H3,(H,20,24). The first-order valence-corrected chi connectivity index (χ1v) is 7.26. The molecule has 0 aliphatic heterocycles. The first-order chi connectivity index (χ1) is 11.2. The number of hydrogen-bond donors (Lipinski definition) is 1. The van der Waals surface area contributed by atoms with Gasteiger partial charge in [-0.1, -0.05) is 0 Å². The Kier molecular flexibility index (Phi) is 3.81. The minimum atomic E-state index is -4.73. The Morgan fingerprint density at radius 2 is 2.00 bits per heavy atom. The van der Waals surface area contributed by atoms with E-state index in [0.29, 0.717) is 5.56 Å². The van der Waals surface area contributed by atoms with Gasteiger partial charge in [0.2, 0.25) is 0 Å². The van der Waals surface area contributed by atoms with E-state index in [-0.39, 0.29) is 28.9 Å². The maximum Gasteiger partial charge on any atom is 0.453 e. The molecule has 1 amide bonds. The van der Waals surface area contributed by atoms with Crippen LogP contribution in [0.1, 0.15) is 34.6 Å². The summed E-state index contributed by atoms with van der Waals surface area (Å²) < 4.78 is 53.3. The third-order valence-electron chi connectivity index (χ3n) is 3.73. The number of benzene rings is 1. The second kappa shape index (κ2) is 5.57. The van der Waals surface area contributed by atoms with E-state index in [0.717, 1.165) is 23.6 Å². The number of nitrogens with zero attached hydrogens (tertiary/aromatic N) is 3. The van der Waals surface area contributed by atoms with Crippen LogP contribution in [0.4, 0.5) is 17.6 Å². The lowest BCUT2D eigenvalue weighted by molar-refractivity contribution is -0.144. The van der Waals surface area contributed by atoms with Gasteiger partial charge in [0.15, 0.2) is 5.82 Å². The molecule has 24 heavy (non-hydrogen) atoms. The molecule has 9 heteroatoms. The summed E-state index contributed by atoms with van der Waals surface area (Å²) in [6.45, 7) is 1.56. The second-order valence-electron chi connectivity index (χ2n) is 5.78. The van der Waals surface area contributed by atoms with Crippen molar-refractivity contribution in [3.8, 4) is 11.4 Å². The average molecular weight is 342 g/mol. The van der Waals surface area contributed by atoms with Crippen LogP contribution in [0.5, 0.6) is 0 Å². The molecule has 0 spiro atoms. The minimum Gasteiger partial charge on any atom is -0.349 e. The summed E-state index contributed by atoms with van der Waals surface area (Å²) in [4.78, 5) is 15.6. The number of aryl methyl sites for hydroxylation is 2. The quantitative estimate of drug-likeness (QED) is 0.873. The van der Waals surface area contributed by atoms with Gasteiger partial charge in [-0.2, -0.15) is 13.2 Å². The molecule has 1 aliphatic carbocycles. The monoisotopic (exact) mass is 342 g/mol. The Balaban J connectivity index is 2.04. The highest BCUT2D eigenvalue weighted by atomic mass is 19.4. The molecule has 1 fully saturated rings. The summed E-state index contributed by atoms with van der Waals surface area (Å²) >= 11 is 0. The summed E-state index contributed by atoms with van der Waals surface area (Å²) in [5, 5.41) is 6.04. The molecule has 5 nitrogen and oxygen atoms in total. The molecule has 1 aliphatic rings. The third-order valence-corrected chi connectivity index (χ3v) is 3.73. The summed E-state index contributed by atoms with van der Waals surface area (Å²) in [6.07, 6.45) is -2.96. The Hall–Kier alpha value is -2.45. The number of alkyl halides is 3. The maximum absolute atomic E-state index is 14.2. The van der Waals surface area contributed by atoms with E-state index >= 15 is 0 Å². The fourth-order valence-corrected chi connectivity index (χ4v) is 2.32. The highest BCUT2D eigenvalue weighted by Crippen LogP contribution is 2.30. The van der Waals surface area contributed by atoms with Crippen LogP contribution in [-0.2, 0) is 13.2 Å². The molecule has 0 atom stereocenters. The molecule has 1 aromatic carbocycles. The van der Waals surface area contributed by atoms with Crippen molar-refractivity contribution in [2.24, 2.45) is 7.05 Å². The van der Waals surface area contributed by atoms with Crippen molar-refractivity contribution in [2.45, 2.75) is 32.0 Å². The zero-order valence-electron chi connectivity index (χ0n) is 12.9. The number of halogens is 4. The lowest BCUT2D eigenvalue weighted by Gasteiger charge is -2.10. The van der Waals surface area contributed by atoms with Gasteiger partial charge < -0.3 is 5.32 Å². The fraction of sp³-hybridized carbons (Fsp3) is 0.400. The second-order valence-corrected chi connectivity index (χ2v) is 5.78. The molecule has 0 unspecified atom stereocenters. The SMILES string of the molecule is Cc1cc(F)c(-c2nc(C(F)(F)F)nn2C)cc1C(=O)NC1CC1. The number of amides is 1. The van der Waals surface area contributed by atoms with Gasteiger partial charge in [0.25, 0.3) is 11.7 Å². The predicted molar refractivity (Wildman–Crippen MR) is 76.6 cm³/mol. The first-order valence-electron chi connectivity index (χ1n) is 7.26. The molecule has 0 bridgehead atoms. The minimum absolute atomic E-state index is 0.108. The highest BCUT2D eigenvalue weighted by molar-refractivity contribution is 5.97. The van der Waals surface area contributed by atoms with Gasteiger partial charge in [0.05, 0.1) is 5.56 Å². The van der Waals surface area contributed by atoms with Crippen molar-refractivity contribution in [3.05, 3.63) is 34.9 Å². The van der Waals surface area contributed by atoms with Crippen molar-refractivity contribution in [1.82, 2.24) is 20.1 Å². The van der Waals surface area contributed by atoms with E-state index in [4.69, 9.17) is 0 Å². The molecule has 128 valence electrons. The van der Waals surface area contributed by atoms with Gasteiger partial charge >= 0.3 is 6.18 Å². The molecule has 3 rings (SSSR count). The average Bonchev–Trinajstić information content (AvgIpc) is 3.18. The van der Waals surface area contributed by atoms with Crippen LogP contribution in [0, 0.1) is 12.7 Å². The van der Waals surface area contributed by atoms with Gasteiger partial charge in [-0.25, -0.2) is 14.1 Å². The van der Waals surface area contributed by atoms with Crippen molar-refractivity contribution in [3.63, 3.8) is 0 Å². The number of carbonyl (C=O) groups is 1. The van der Waals surface area contributed by atoms with Crippen LogP contribution in [0.25, 0.3) is 11.4 Å². The van der Waals surface area contributed by atoms with Crippen molar-refractivity contribution >= 4 is 5.91 Å². The van der Waals surface area contributed by atoms with Crippen molar-refractivity contribution in [1.29, 1.82) is 0 Å². The fourth-order valence-electron chi connectivity index (χ4n) is 2.32. The van der Waals surface area contributed by atoms with Crippen LogP contribution < -0.4 is 5.32 Å². The van der Waals surface area contributed by atoms with Crippen LogP contribution >= 0.6 is 0 Å². The molecule has 1 saturated carbocycles. The maximum atomic E-state index is 14.2. The highest BCUT2D eigenvalue weighted by Gasteiger charge is 2.37. The van der Waals surface area contributed by atoms with E-state index in [1.54, 1.807) is 6.92 Å². The van der Waals surface area contributed by atoms with Crippen LogP contribution in [-0.4, -0.2) is 26.7 Å². The normalized spacial score (nSPS) is 14.8. The number of hydrogen-bond acceptors (Lipinski definition) is 3. The Bertz CT molecular complexity index is 809. The van der Waals surface area contributed by atoms with Gasteiger partial charge in [-0.3, -0.25) is 4.79 Å². The van der Waals surface area contributed by atoms with E-state index in [1.165, 1.54) is 13.1 Å². The van der Waals surface area contributed by atoms with Gasteiger partial charge in [0, 0.05) is 18.7 Å². The molecule has 2 aromatic rings. The molecular formula is C15H14F4N4O. The lowest BCUT2D eigenvalue weighted by atomic mass is 10.0. The summed E-state index contributed by atoms with van der Waals surface area (Å²) in [5.41, 5.74) is 0.398. The smallest absolute Gasteiger partial charge is 0.349 e. The lowest BCUT2D eigenvalue weighted by Crippen LogP contribution is -2.26. The van der Waals surface area contributed by atoms with Crippen molar-refractivity contribution in [2.75, 3.05) is 0 Å². The molecule has 1 heterocycles. The largest absolute Gasteiger partial charge is 0.453 e. The molecule has 1 aromatic heterocycles. The van der Waals surface area contributed by atoms with Gasteiger partial charge in [-0.05, 0) is 37.5 Å². The first kappa shape index (κ1) is 16.4. The van der Waals surface area contributed by atoms with Crippen LogP contribution in [0.15, 0.2) is 12.1 Å². The Labute approximate surface area is 134 Å². The van der Waals surface area contributed by atoms with Crippen LogP contribution in [0.2, 0.25) is 0 Å². The van der Waals surface area contributed by atoms with Crippen molar-refractivity contribution < 1.29 is 22.4 Å². The Morgan fingerprint density at radius 1 is 1.33 bits per heavy atom. The predicted octanol–water partition coefficient (Wildman–Crippen LogP) is 2.84. The summed E-state index contributed by atoms with van der Waals surface area (Å²) in [7, 11) is 1.24. The number of carbonyl (C=O) groups excluding carboxylic acids is 1.